The van der Waals surface area contributed by atoms with Gasteiger partial charge in [0.1, 0.15) is 34.3 Å². The van der Waals surface area contributed by atoms with Gasteiger partial charge in [0.05, 0.1) is 11.0 Å². The van der Waals surface area contributed by atoms with Crippen LogP contribution >= 0.6 is 11.3 Å². The van der Waals surface area contributed by atoms with Crippen LogP contribution < -0.4 is 15.4 Å². The first-order valence-electron chi connectivity index (χ1n) is 16.4. The molecule has 0 bridgehead atoms. The standard InChI is InChI=1S/C33H45N9O4S/c1-19-18-41(31(43)45-32(3,4)5)14-15-42(19)25-16-22(36-30(37-25)44-20(2)23-10-9-13-40(23)7)28-38-29(46-39-28)33(6)12-8-11-24-26(33)21(17-34)27(35)47-24/h16,19-20,23H,8-15,18,35H2,1-7H3/t19-,20-,23-,33-/m0/s1. The van der Waals surface area contributed by atoms with Gasteiger partial charge in [-0.3, -0.25) is 4.90 Å². The Balaban J connectivity index is 1.33. The van der Waals surface area contributed by atoms with Gasteiger partial charge in [0.25, 0.3) is 0 Å². The number of hydrogen-bond acceptors (Lipinski definition) is 13. The Bertz CT molecular complexity index is 1680. The van der Waals surface area contributed by atoms with Crippen molar-refractivity contribution in [3.8, 4) is 23.6 Å². The summed E-state index contributed by atoms with van der Waals surface area (Å²) in [6.07, 6.45) is 4.24. The summed E-state index contributed by atoms with van der Waals surface area (Å²) in [5.41, 5.74) is 6.89. The molecule has 47 heavy (non-hydrogen) atoms. The van der Waals surface area contributed by atoms with Crippen molar-refractivity contribution in [1.29, 1.82) is 5.26 Å². The van der Waals surface area contributed by atoms with E-state index in [4.69, 9.17) is 34.7 Å². The number of carbonyl (C=O) groups is 1. The second kappa shape index (κ2) is 12.6. The molecule has 3 aliphatic rings. The molecule has 5 heterocycles. The molecule has 2 N–H and O–H groups in total. The molecule has 13 nitrogen and oxygen atoms in total. The number of carbonyl (C=O) groups excluding carboxylic acids is 1. The maximum absolute atomic E-state index is 12.8. The molecule has 1 amide bonds. The highest BCUT2D eigenvalue weighted by atomic mass is 32.1. The van der Waals surface area contributed by atoms with E-state index in [0.29, 0.717) is 53.4 Å². The van der Waals surface area contributed by atoms with Gasteiger partial charge in [-0.15, -0.1) is 11.3 Å². The summed E-state index contributed by atoms with van der Waals surface area (Å²) in [7, 11) is 2.11. The lowest BCUT2D eigenvalue weighted by Gasteiger charge is -2.40. The zero-order chi connectivity index (χ0) is 33.7. The fraction of sp³-hybridized carbons (Fsp3) is 0.636. The molecule has 2 aliphatic heterocycles. The molecule has 3 aromatic heterocycles. The molecule has 6 rings (SSSR count). The number of nitriles is 1. The quantitative estimate of drug-likeness (QED) is 0.377. The van der Waals surface area contributed by atoms with Crippen molar-refractivity contribution in [1.82, 2.24) is 29.9 Å². The number of nitrogens with two attached hydrogens (primary N) is 1. The fourth-order valence-corrected chi connectivity index (χ4v) is 8.34. The molecule has 3 aromatic rings. The third kappa shape index (κ3) is 6.47. The number of nitrogen functional groups attached to an aromatic ring is 1. The highest BCUT2D eigenvalue weighted by Crippen LogP contribution is 2.48. The van der Waals surface area contributed by atoms with Gasteiger partial charge in [-0.1, -0.05) is 5.16 Å². The maximum atomic E-state index is 12.8. The van der Waals surface area contributed by atoms with Gasteiger partial charge in [0.15, 0.2) is 0 Å². The number of likely N-dealkylation sites (N-methyl/N-ethyl adjacent to an activating group) is 1. The van der Waals surface area contributed by atoms with E-state index in [0.717, 1.165) is 49.1 Å². The first-order valence-corrected chi connectivity index (χ1v) is 17.3. The van der Waals surface area contributed by atoms with Crippen LogP contribution in [0.1, 0.15) is 89.1 Å². The van der Waals surface area contributed by atoms with Crippen LogP contribution in [0, 0.1) is 11.3 Å². The summed E-state index contributed by atoms with van der Waals surface area (Å²) < 4.78 is 18.0. The highest BCUT2D eigenvalue weighted by molar-refractivity contribution is 7.16. The molecule has 14 heteroatoms. The fourth-order valence-electron chi connectivity index (χ4n) is 7.15. The molecule has 2 fully saturated rings. The van der Waals surface area contributed by atoms with Crippen molar-refractivity contribution in [2.75, 3.05) is 43.9 Å². The Morgan fingerprint density at radius 1 is 1.23 bits per heavy atom. The molecule has 0 unspecified atom stereocenters. The van der Waals surface area contributed by atoms with Gasteiger partial charge in [0, 0.05) is 48.2 Å². The van der Waals surface area contributed by atoms with E-state index in [1.165, 1.54) is 11.3 Å². The highest BCUT2D eigenvalue weighted by Gasteiger charge is 2.43. The lowest BCUT2D eigenvalue weighted by molar-refractivity contribution is 0.0218. The minimum absolute atomic E-state index is 0.0564. The predicted octanol–water partition coefficient (Wildman–Crippen LogP) is 4.99. The number of aromatic nitrogens is 4. The molecular weight excluding hydrogens is 618 g/mol. The number of rotatable bonds is 6. The molecule has 0 aromatic carbocycles. The van der Waals surface area contributed by atoms with Gasteiger partial charge in [-0.2, -0.15) is 20.2 Å². The van der Waals surface area contributed by atoms with Crippen molar-refractivity contribution >= 4 is 28.2 Å². The number of likely N-dealkylation sites (tertiary alicyclic amines) is 1. The Kier molecular flexibility index (Phi) is 8.82. The first-order chi connectivity index (χ1) is 22.3. The number of amides is 1. The van der Waals surface area contributed by atoms with Crippen molar-refractivity contribution in [2.45, 2.75) is 103 Å². The van der Waals surface area contributed by atoms with Gasteiger partial charge in [-0.25, -0.2) is 4.79 Å². The van der Waals surface area contributed by atoms with Crippen LogP contribution in [0.2, 0.25) is 0 Å². The zero-order valence-electron chi connectivity index (χ0n) is 28.4. The van der Waals surface area contributed by atoms with Gasteiger partial charge < -0.3 is 29.5 Å². The van der Waals surface area contributed by atoms with Crippen molar-refractivity contribution in [3.63, 3.8) is 0 Å². The molecule has 1 aliphatic carbocycles. The predicted molar refractivity (Wildman–Crippen MR) is 179 cm³/mol. The number of piperazine rings is 1. The minimum Gasteiger partial charge on any atom is -0.459 e. The summed E-state index contributed by atoms with van der Waals surface area (Å²) in [5.74, 6) is 1.39. The van der Waals surface area contributed by atoms with Crippen molar-refractivity contribution in [3.05, 3.63) is 28.0 Å². The van der Waals surface area contributed by atoms with Crippen molar-refractivity contribution in [2.24, 2.45) is 0 Å². The summed E-state index contributed by atoms with van der Waals surface area (Å²) in [6, 6.07) is 4.59. The van der Waals surface area contributed by atoms with E-state index >= 15 is 0 Å². The zero-order valence-corrected chi connectivity index (χ0v) is 29.2. The van der Waals surface area contributed by atoms with Crippen LogP contribution in [-0.2, 0) is 16.6 Å². The van der Waals surface area contributed by atoms with Crippen LogP contribution in [-0.4, -0.2) is 93.0 Å². The van der Waals surface area contributed by atoms with Gasteiger partial charge in [-0.05, 0) is 87.2 Å². The van der Waals surface area contributed by atoms with E-state index in [-0.39, 0.29) is 30.3 Å². The first kappa shape index (κ1) is 33.0. The number of anilines is 2. The van der Waals surface area contributed by atoms with E-state index < -0.39 is 11.0 Å². The average molecular weight is 664 g/mol. The Morgan fingerprint density at radius 3 is 2.70 bits per heavy atom. The van der Waals surface area contributed by atoms with Gasteiger partial charge in [0.2, 0.25) is 11.7 Å². The summed E-state index contributed by atoms with van der Waals surface area (Å²) >= 11 is 1.47. The molecule has 0 saturated carbocycles. The smallest absolute Gasteiger partial charge is 0.410 e. The number of ether oxygens (including phenoxy) is 2. The molecule has 4 atom stereocenters. The Labute approximate surface area is 280 Å². The molecule has 0 radical (unpaired) electrons. The SMILES string of the molecule is C[C@H](Oc1nc(-c2noc([C@@]3(C)CCCc4sc(N)c(C#N)c43)n2)cc(N2CCN(C(=O)OC(C)(C)C)C[C@@H]2C)n1)[C@@H]1CCCN1C. The number of hydrogen-bond donors (Lipinski definition) is 1. The summed E-state index contributed by atoms with van der Waals surface area (Å²) in [6.45, 7) is 14.3. The number of aryl methyl sites for hydroxylation is 1. The third-order valence-electron chi connectivity index (χ3n) is 9.56. The van der Waals surface area contributed by atoms with E-state index in [1.807, 2.05) is 33.8 Å². The third-order valence-corrected chi connectivity index (χ3v) is 10.6. The number of thiophene rings is 1. The normalized spacial score (nSPS) is 24.1. The second-order valence-electron chi connectivity index (χ2n) is 14.2. The summed E-state index contributed by atoms with van der Waals surface area (Å²) in [4.78, 5) is 34.7. The number of fused-ring (bicyclic) bond motifs is 1. The van der Waals surface area contributed by atoms with Gasteiger partial charge >= 0.3 is 12.1 Å². The molecule has 2 saturated heterocycles. The van der Waals surface area contributed by atoms with E-state index in [2.05, 4.69) is 41.9 Å². The van der Waals surface area contributed by atoms with E-state index in [1.54, 1.807) is 4.90 Å². The monoisotopic (exact) mass is 663 g/mol. The van der Waals surface area contributed by atoms with Crippen molar-refractivity contribution < 1.29 is 18.8 Å². The lowest BCUT2D eigenvalue weighted by Crippen LogP contribution is -2.54. The van der Waals surface area contributed by atoms with Crippen LogP contribution in [0.3, 0.4) is 0 Å². The molecular formula is C33H45N9O4S. The van der Waals surface area contributed by atoms with Crippen LogP contribution in [0.5, 0.6) is 6.01 Å². The lowest BCUT2D eigenvalue weighted by atomic mass is 9.72. The van der Waals surface area contributed by atoms with Crippen LogP contribution in [0.4, 0.5) is 15.6 Å². The number of nitrogens with zero attached hydrogens (tertiary/aromatic N) is 8. The Hall–Kier alpha value is -3.96. The topological polar surface area (TPSA) is 160 Å². The Morgan fingerprint density at radius 2 is 2.02 bits per heavy atom. The molecule has 0 spiro atoms. The molecule has 252 valence electrons. The average Bonchev–Trinajstić information content (AvgIpc) is 3.75. The second-order valence-corrected chi connectivity index (χ2v) is 15.4. The van der Waals surface area contributed by atoms with Crippen LogP contribution in [0.25, 0.3) is 11.5 Å². The van der Waals surface area contributed by atoms with E-state index in [9.17, 15) is 10.1 Å². The minimum atomic E-state index is -0.652. The largest absolute Gasteiger partial charge is 0.459 e. The maximum Gasteiger partial charge on any atom is 0.410 e. The summed E-state index contributed by atoms with van der Waals surface area (Å²) in [5, 5.41) is 14.8. The van der Waals surface area contributed by atoms with Crippen LogP contribution in [0.15, 0.2) is 10.6 Å².